The molecule has 0 amide bonds. The van der Waals surface area contributed by atoms with E-state index in [9.17, 15) is 19.2 Å². The quantitative estimate of drug-likeness (QED) is 0.611. The predicted octanol–water partition coefficient (Wildman–Crippen LogP) is 3.07. The number of Topliss-reactive ketones (excluding diaryl/α,β-unsaturated/α-hetero) is 2. The number of carbonyl (C=O) groups excluding carboxylic acids is 4. The second kappa shape index (κ2) is 5.76. The fourth-order valence-electron chi connectivity index (χ4n) is 3.48. The molecule has 5 nitrogen and oxygen atoms in total. The first kappa shape index (κ1) is 17.3. The molecule has 0 aromatic heterocycles. The molecule has 0 N–H and O–H groups in total. The maximum absolute atomic E-state index is 13.0. The second-order valence-corrected chi connectivity index (χ2v) is 7.48. The van der Waals surface area contributed by atoms with E-state index in [1.54, 1.807) is 45.0 Å². The van der Waals surface area contributed by atoms with Crippen LogP contribution in [-0.2, 0) is 14.3 Å². The fourth-order valence-corrected chi connectivity index (χ4v) is 3.48. The van der Waals surface area contributed by atoms with E-state index in [0.717, 1.165) is 6.08 Å². The highest BCUT2D eigenvalue weighted by atomic mass is 16.6. The predicted molar refractivity (Wildman–Crippen MR) is 90.3 cm³/mol. The van der Waals surface area contributed by atoms with Crippen LogP contribution in [-0.4, -0.2) is 28.9 Å². The molecular formula is C20H20O5. The lowest BCUT2D eigenvalue weighted by Gasteiger charge is -2.32. The number of fused-ring (bicyclic) bond motifs is 1. The van der Waals surface area contributed by atoms with Crippen molar-refractivity contribution in [1.82, 2.24) is 0 Å². The van der Waals surface area contributed by atoms with Crippen LogP contribution in [0.3, 0.4) is 0 Å². The van der Waals surface area contributed by atoms with E-state index in [4.69, 9.17) is 4.74 Å². The van der Waals surface area contributed by atoms with Gasteiger partial charge in [0, 0.05) is 23.1 Å². The monoisotopic (exact) mass is 340 g/mol. The summed E-state index contributed by atoms with van der Waals surface area (Å²) in [4.78, 5) is 51.0. The molecule has 0 radical (unpaired) electrons. The van der Waals surface area contributed by atoms with Gasteiger partial charge in [0.05, 0.1) is 0 Å². The molecule has 1 saturated carbocycles. The van der Waals surface area contributed by atoms with Crippen LogP contribution in [0.1, 0.15) is 60.7 Å². The standard InChI is InChI=1S/C20H20O5/c1-19(2,3)25-18(24)20(10-6-9-16(20)22)14-11-15(21)12-7-4-5-8-13(12)17(14)23/h4-5,7-8,11H,6,9-10H2,1-3H3. The SMILES string of the molecule is CC(C)(C)OC(=O)C1(C2=CC(=O)c3ccccc3C2=O)CCCC1=O. The van der Waals surface area contributed by atoms with Gasteiger partial charge < -0.3 is 4.74 Å². The Balaban J connectivity index is 2.13. The molecule has 0 bridgehead atoms. The van der Waals surface area contributed by atoms with Gasteiger partial charge in [0.1, 0.15) is 5.60 Å². The van der Waals surface area contributed by atoms with Crippen LogP contribution >= 0.6 is 0 Å². The Morgan fingerprint density at radius 1 is 1.08 bits per heavy atom. The maximum atomic E-state index is 13.0. The van der Waals surface area contributed by atoms with Crippen molar-refractivity contribution in [2.75, 3.05) is 0 Å². The van der Waals surface area contributed by atoms with Crippen LogP contribution in [0.15, 0.2) is 35.9 Å². The van der Waals surface area contributed by atoms with Crippen molar-refractivity contribution >= 4 is 23.3 Å². The molecule has 2 aliphatic carbocycles. The summed E-state index contributed by atoms with van der Waals surface area (Å²) in [6.07, 6.45) is 2.02. The number of hydrogen-bond acceptors (Lipinski definition) is 5. The number of ether oxygens (including phenoxy) is 1. The van der Waals surface area contributed by atoms with Crippen molar-refractivity contribution in [3.63, 3.8) is 0 Å². The van der Waals surface area contributed by atoms with E-state index in [-0.39, 0.29) is 35.5 Å². The summed E-state index contributed by atoms with van der Waals surface area (Å²) >= 11 is 0. The first-order valence-corrected chi connectivity index (χ1v) is 8.34. The Labute approximate surface area is 146 Å². The highest BCUT2D eigenvalue weighted by Gasteiger charge is 2.56. The Kier molecular flexibility index (Phi) is 3.98. The topological polar surface area (TPSA) is 77.5 Å². The van der Waals surface area contributed by atoms with Crippen LogP contribution in [0.2, 0.25) is 0 Å². The molecule has 0 heterocycles. The molecule has 0 saturated heterocycles. The average Bonchev–Trinajstić information content (AvgIpc) is 2.92. The van der Waals surface area contributed by atoms with E-state index in [0.29, 0.717) is 12.0 Å². The molecular weight excluding hydrogens is 320 g/mol. The lowest BCUT2D eigenvalue weighted by molar-refractivity contribution is -0.166. The van der Waals surface area contributed by atoms with Crippen molar-refractivity contribution in [2.45, 2.75) is 45.6 Å². The molecule has 1 fully saturated rings. The summed E-state index contributed by atoms with van der Waals surface area (Å²) in [7, 11) is 0. The third kappa shape index (κ3) is 2.73. The molecule has 1 atom stereocenters. The number of rotatable bonds is 2. The number of benzene rings is 1. The van der Waals surface area contributed by atoms with E-state index in [1.807, 2.05) is 0 Å². The number of ketones is 3. The zero-order chi connectivity index (χ0) is 18.4. The van der Waals surface area contributed by atoms with Crippen molar-refractivity contribution in [2.24, 2.45) is 5.41 Å². The largest absolute Gasteiger partial charge is 0.459 e. The lowest BCUT2D eigenvalue weighted by atomic mass is 9.71. The van der Waals surface area contributed by atoms with E-state index < -0.39 is 22.8 Å². The first-order valence-electron chi connectivity index (χ1n) is 8.34. The molecule has 0 spiro atoms. The highest BCUT2D eigenvalue weighted by molar-refractivity contribution is 6.29. The molecule has 0 aliphatic heterocycles. The minimum atomic E-state index is -1.67. The zero-order valence-corrected chi connectivity index (χ0v) is 14.5. The number of carbonyl (C=O) groups is 4. The Morgan fingerprint density at radius 2 is 1.72 bits per heavy atom. The number of esters is 1. The van der Waals surface area contributed by atoms with Gasteiger partial charge in [-0.05, 0) is 39.7 Å². The third-order valence-electron chi connectivity index (χ3n) is 4.60. The van der Waals surface area contributed by atoms with Crippen LogP contribution in [0.25, 0.3) is 0 Å². The summed E-state index contributed by atoms with van der Waals surface area (Å²) in [5.74, 6) is -1.91. The Morgan fingerprint density at radius 3 is 2.28 bits per heavy atom. The maximum Gasteiger partial charge on any atom is 0.324 e. The second-order valence-electron chi connectivity index (χ2n) is 7.48. The molecule has 1 aromatic carbocycles. The molecule has 1 aromatic rings. The van der Waals surface area contributed by atoms with Gasteiger partial charge in [-0.1, -0.05) is 24.3 Å². The number of hydrogen-bond donors (Lipinski definition) is 0. The van der Waals surface area contributed by atoms with E-state index >= 15 is 0 Å². The molecule has 5 heteroatoms. The summed E-state index contributed by atoms with van der Waals surface area (Å²) < 4.78 is 5.46. The summed E-state index contributed by atoms with van der Waals surface area (Å²) in [6, 6.07) is 6.45. The molecule has 25 heavy (non-hydrogen) atoms. The van der Waals surface area contributed by atoms with Crippen molar-refractivity contribution in [3.8, 4) is 0 Å². The van der Waals surface area contributed by atoms with Crippen molar-refractivity contribution in [1.29, 1.82) is 0 Å². The van der Waals surface area contributed by atoms with Crippen LogP contribution in [0.5, 0.6) is 0 Å². The van der Waals surface area contributed by atoms with Crippen LogP contribution in [0.4, 0.5) is 0 Å². The van der Waals surface area contributed by atoms with E-state index in [2.05, 4.69) is 0 Å². The van der Waals surface area contributed by atoms with Gasteiger partial charge in [-0.25, -0.2) is 0 Å². The van der Waals surface area contributed by atoms with Crippen LogP contribution in [0, 0.1) is 5.41 Å². The Bertz CT molecular complexity index is 825. The van der Waals surface area contributed by atoms with Gasteiger partial charge in [0.2, 0.25) is 0 Å². The minimum Gasteiger partial charge on any atom is -0.459 e. The average molecular weight is 340 g/mol. The van der Waals surface area contributed by atoms with Crippen molar-refractivity contribution < 1.29 is 23.9 Å². The Hall–Kier alpha value is -2.56. The minimum absolute atomic E-state index is 0.0482. The van der Waals surface area contributed by atoms with Gasteiger partial charge in [0.25, 0.3) is 0 Å². The van der Waals surface area contributed by atoms with E-state index in [1.165, 1.54) is 0 Å². The third-order valence-corrected chi connectivity index (χ3v) is 4.60. The molecule has 3 rings (SSSR count). The smallest absolute Gasteiger partial charge is 0.324 e. The van der Waals surface area contributed by atoms with Gasteiger partial charge >= 0.3 is 5.97 Å². The van der Waals surface area contributed by atoms with Gasteiger partial charge in [-0.3, -0.25) is 19.2 Å². The first-order chi connectivity index (χ1) is 11.7. The fraction of sp³-hybridized carbons (Fsp3) is 0.400. The molecule has 130 valence electrons. The highest BCUT2D eigenvalue weighted by Crippen LogP contribution is 2.46. The zero-order valence-electron chi connectivity index (χ0n) is 14.5. The van der Waals surface area contributed by atoms with Crippen LogP contribution < -0.4 is 0 Å². The van der Waals surface area contributed by atoms with Crippen molar-refractivity contribution in [3.05, 3.63) is 47.0 Å². The number of allylic oxidation sites excluding steroid dienone is 1. The van der Waals surface area contributed by atoms with Gasteiger partial charge in [-0.15, -0.1) is 0 Å². The lowest BCUT2D eigenvalue weighted by Crippen LogP contribution is -2.45. The molecule has 2 aliphatic rings. The van der Waals surface area contributed by atoms with Gasteiger partial charge in [0.15, 0.2) is 22.8 Å². The summed E-state index contributed by atoms with van der Waals surface area (Å²) in [5.41, 5.74) is -2.00. The van der Waals surface area contributed by atoms with Gasteiger partial charge in [-0.2, -0.15) is 0 Å². The molecule has 1 unspecified atom stereocenters. The summed E-state index contributed by atoms with van der Waals surface area (Å²) in [6.45, 7) is 5.11. The normalized spacial score (nSPS) is 23.3. The summed E-state index contributed by atoms with van der Waals surface area (Å²) in [5, 5.41) is 0.